The smallest absolute Gasteiger partial charge is 0.267 e. The Labute approximate surface area is 181 Å². The average Bonchev–Trinajstić information content (AvgIpc) is 3.30. The van der Waals surface area contributed by atoms with E-state index in [0.29, 0.717) is 12.1 Å². The van der Waals surface area contributed by atoms with Crippen LogP contribution in [0, 0.1) is 0 Å². The third kappa shape index (κ3) is 5.21. The molecule has 2 aromatic rings. The second-order valence-electron chi connectivity index (χ2n) is 7.59. The van der Waals surface area contributed by atoms with Crippen molar-refractivity contribution in [1.82, 2.24) is 4.90 Å². The van der Waals surface area contributed by atoms with E-state index in [1.807, 2.05) is 54.6 Å². The molecule has 2 heterocycles. The first-order valence-corrected chi connectivity index (χ1v) is 10.4. The predicted molar refractivity (Wildman–Crippen MR) is 118 cm³/mol. The zero-order valence-corrected chi connectivity index (χ0v) is 17.5. The molecule has 1 fully saturated rings. The molecule has 2 aliphatic heterocycles. The third-order valence-corrected chi connectivity index (χ3v) is 5.34. The van der Waals surface area contributed by atoms with Gasteiger partial charge >= 0.3 is 0 Å². The number of carbonyl (C=O) groups is 2. The van der Waals surface area contributed by atoms with Crippen molar-refractivity contribution in [1.29, 1.82) is 0 Å². The molecule has 162 valence electrons. The number of carbonyl (C=O) groups excluding carboxylic acids is 2. The van der Waals surface area contributed by atoms with E-state index in [9.17, 15) is 9.59 Å². The second-order valence-corrected chi connectivity index (χ2v) is 7.59. The minimum absolute atomic E-state index is 0.0649. The van der Waals surface area contributed by atoms with Crippen molar-refractivity contribution in [3.63, 3.8) is 0 Å². The standard InChI is InChI=1S/C23H26N4O4/c1-26(23(29)21-15-20(25-31-21)17-5-3-2-4-6-17)16-22(28)24-18-7-9-19(10-8-18)27-11-13-30-14-12-27/h2-10,21H,11-16H2,1H3,(H,24,28). The minimum Gasteiger partial charge on any atom is -0.382 e. The number of nitrogens with one attached hydrogen (secondary N) is 1. The monoisotopic (exact) mass is 422 g/mol. The van der Waals surface area contributed by atoms with Gasteiger partial charge in [0, 0.05) is 37.9 Å². The highest BCUT2D eigenvalue weighted by molar-refractivity contribution is 6.04. The van der Waals surface area contributed by atoms with Crippen molar-refractivity contribution in [3.05, 3.63) is 60.2 Å². The van der Waals surface area contributed by atoms with Gasteiger partial charge < -0.3 is 24.7 Å². The molecule has 0 aromatic heterocycles. The van der Waals surface area contributed by atoms with Crippen molar-refractivity contribution in [2.45, 2.75) is 12.5 Å². The van der Waals surface area contributed by atoms with Crippen LogP contribution in [-0.2, 0) is 19.2 Å². The van der Waals surface area contributed by atoms with Gasteiger partial charge in [-0.1, -0.05) is 35.5 Å². The lowest BCUT2D eigenvalue weighted by Gasteiger charge is -2.28. The van der Waals surface area contributed by atoms with Gasteiger partial charge in [-0.3, -0.25) is 9.59 Å². The van der Waals surface area contributed by atoms with Gasteiger partial charge in [0.2, 0.25) is 12.0 Å². The van der Waals surface area contributed by atoms with Crippen LogP contribution in [0.1, 0.15) is 12.0 Å². The number of oxime groups is 1. The molecule has 1 atom stereocenters. The van der Waals surface area contributed by atoms with Crippen molar-refractivity contribution in [2.24, 2.45) is 5.16 Å². The molecule has 4 rings (SSSR count). The van der Waals surface area contributed by atoms with Crippen molar-refractivity contribution in [3.8, 4) is 0 Å². The van der Waals surface area contributed by atoms with E-state index in [1.54, 1.807) is 7.05 Å². The van der Waals surface area contributed by atoms with Crippen LogP contribution in [0.2, 0.25) is 0 Å². The van der Waals surface area contributed by atoms with Gasteiger partial charge in [0.1, 0.15) is 0 Å². The Kier molecular flexibility index (Phi) is 6.47. The summed E-state index contributed by atoms with van der Waals surface area (Å²) in [6.07, 6.45) is -0.321. The number of morpholine rings is 1. The molecule has 0 bridgehead atoms. The van der Waals surface area contributed by atoms with Crippen LogP contribution >= 0.6 is 0 Å². The van der Waals surface area contributed by atoms with Gasteiger partial charge in [-0.05, 0) is 29.8 Å². The molecule has 1 saturated heterocycles. The maximum absolute atomic E-state index is 12.7. The van der Waals surface area contributed by atoms with Crippen molar-refractivity contribution < 1.29 is 19.2 Å². The Morgan fingerprint density at radius 1 is 1.10 bits per heavy atom. The van der Waals surface area contributed by atoms with Gasteiger partial charge in [-0.2, -0.15) is 0 Å². The molecule has 0 saturated carbocycles. The van der Waals surface area contributed by atoms with Crippen LogP contribution in [0.4, 0.5) is 11.4 Å². The summed E-state index contributed by atoms with van der Waals surface area (Å²) in [6.45, 7) is 3.10. The van der Waals surface area contributed by atoms with Crippen molar-refractivity contribution in [2.75, 3.05) is 50.1 Å². The lowest BCUT2D eigenvalue weighted by molar-refractivity contribution is -0.142. The molecule has 1 unspecified atom stereocenters. The van der Waals surface area contributed by atoms with Gasteiger partial charge in [0.25, 0.3) is 5.91 Å². The Morgan fingerprint density at radius 2 is 1.81 bits per heavy atom. The summed E-state index contributed by atoms with van der Waals surface area (Å²) >= 11 is 0. The lowest BCUT2D eigenvalue weighted by Crippen LogP contribution is -2.41. The molecule has 8 nitrogen and oxygen atoms in total. The van der Waals surface area contributed by atoms with Crippen LogP contribution in [-0.4, -0.2) is 68.4 Å². The predicted octanol–water partition coefficient (Wildman–Crippen LogP) is 2.11. The Bertz CT molecular complexity index is 940. The van der Waals surface area contributed by atoms with E-state index in [1.165, 1.54) is 4.90 Å². The fraction of sp³-hybridized carbons (Fsp3) is 0.348. The summed E-state index contributed by atoms with van der Waals surface area (Å²) in [7, 11) is 1.59. The quantitative estimate of drug-likeness (QED) is 0.771. The highest BCUT2D eigenvalue weighted by Gasteiger charge is 2.31. The number of benzene rings is 2. The number of amides is 2. The summed E-state index contributed by atoms with van der Waals surface area (Å²) in [5, 5.41) is 6.88. The zero-order chi connectivity index (χ0) is 21.6. The summed E-state index contributed by atoms with van der Waals surface area (Å²) in [6, 6.07) is 17.3. The third-order valence-electron chi connectivity index (χ3n) is 5.34. The first-order chi connectivity index (χ1) is 15.1. The Morgan fingerprint density at radius 3 is 2.52 bits per heavy atom. The molecule has 2 aliphatic rings. The van der Waals surface area contributed by atoms with E-state index >= 15 is 0 Å². The van der Waals surface area contributed by atoms with Crippen LogP contribution in [0.15, 0.2) is 59.8 Å². The second kappa shape index (κ2) is 9.61. The topological polar surface area (TPSA) is 83.5 Å². The highest BCUT2D eigenvalue weighted by Crippen LogP contribution is 2.20. The Hall–Kier alpha value is -3.39. The molecule has 0 spiro atoms. The van der Waals surface area contributed by atoms with Crippen LogP contribution in [0.5, 0.6) is 0 Å². The number of nitrogens with zero attached hydrogens (tertiary/aromatic N) is 3. The molecule has 0 radical (unpaired) electrons. The minimum atomic E-state index is -0.708. The van der Waals surface area contributed by atoms with Crippen molar-refractivity contribution >= 4 is 28.9 Å². The number of ether oxygens (including phenoxy) is 1. The molecule has 1 N–H and O–H groups in total. The number of hydrogen-bond acceptors (Lipinski definition) is 6. The fourth-order valence-electron chi connectivity index (χ4n) is 3.63. The van der Waals surface area contributed by atoms with E-state index in [-0.39, 0.29) is 18.4 Å². The maximum Gasteiger partial charge on any atom is 0.267 e. The molecule has 2 aromatic carbocycles. The van der Waals surface area contributed by atoms with E-state index < -0.39 is 6.10 Å². The normalized spacial score (nSPS) is 18.2. The molecule has 2 amide bonds. The summed E-state index contributed by atoms with van der Waals surface area (Å²) in [5.74, 6) is -0.537. The maximum atomic E-state index is 12.7. The molecule has 8 heteroatoms. The van der Waals surface area contributed by atoms with Crippen LogP contribution in [0.3, 0.4) is 0 Å². The van der Waals surface area contributed by atoms with Gasteiger partial charge in [0.15, 0.2) is 0 Å². The largest absolute Gasteiger partial charge is 0.382 e. The first kappa shape index (κ1) is 20.9. The summed E-state index contributed by atoms with van der Waals surface area (Å²) < 4.78 is 5.37. The lowest BCUT2D eigenvalue weighted by atomic mass is 10.0. The van der Waals surface area contributed by atoms with E-state index in [2.05, 4.69) is 15.4 Å². The zero-order valence-electron chi connectivity index (χ0n) is 17.5. The van der Waals surface area contributed by atoms with Crippen LogP contribution < -0.4 is 10.2 Å². The highest BCUT2D eigenvalue weighted by atomic mass is 16.6. The van der Waals surface area contributed by atoms with Crippen LogP contribution in [0.25, 0.3) is 0 Å². The summed E-state index contributed by atoms with van der Waals surface area (Å²) in [4.78, 5) is 34.0. The first-order valence-electron chi connectivity index (χ1n) is 10.4. The van der Waals surface area contributed by atoms with E-state index in [4.69, 9.17) is 9.57 Å². The fourth-order valence-corrected chi connectivity index (χ4v) is 3.63. The SMILES string of the molecule is CN(CC(=O)Nc1ccc(N2CCOCC2)cc1)C(=O)C1CC(c2ccccc2)=NO1. The van der Waals surface area contributed by atoms with Gasteiger partial charge in [0.05, 0.1) is 25.5 Å². The number of hydrogen-bond donors (Lipinski definition) is 1. The number of anilines is 2. The molecule has 0 aliphatic carbocycles. The molecule has 31 heavy (non-hydrogen) atoms. The molecular formula is C23H26N4O4. The van der Waals surface area contributed by atoms with E-state index in [0.717, 1.165) is 43.3 Å². The van der Waals surface area contributed by atoms with Gasteiger partial charge in [-0.25, -0.2) is 0 Å². The molecular weight excluding hydrogens is 396 g/mol. The number of rotatable bonds is 6. The van der Waals surface area contributed by atoms with Gasteiger partial charge in [-0.15, -0.1) is 0 Å². The Balaban J connectivity index is 1.26. The number of likely N-dealkylation sites (N-methyl/N-ethyl adjacent to an activating group) is 1. The average molecular weight is 422 g/mol. The summed E-state index contributed by atoms with van der Waals surface area (Å²) in [5.41, 5.74) is 3.45.